The fourth-order valence-corrected chi connectivity index (χ4v) is 3.45. The van der Waals surface area contributed by atoms with Crippen molar-refractivity contribution in [3.8, 4) is 0 Å². The molecule has 1 atom stereocenters. The van der Waals surface area contributed by atoms with Crippen LogP contribution in [0.1, 0.15) is 17.6 Å². The van der Waals surface area contributed by atoms with Gasteiger partial charge in [-0.15, -0.1) is 0 Å². The maximum Gasteiger partial charge on any atom is 0.279 e. The van der Waals surface area contributed by atoms with Gasteiger partial charge in [-0.3, -0.25) is 9.59 Å². The molecule has 28 heavy (non-hydrogen) atoms. The fourth-order valence-electron chi connectivity index (χ4n) is 2.59. The van der Waals surface area contributed by atoms with E-state index in [-0.39, 0.29) is 18.6 Å². The number of rotatable bonds is 6. The van der Waals surface area contributed by atoms with Crippen LogP contribution in [0, 0.1) is 17.5 Å². The number of nitrogens with one attached hydrogen (secondary N) is 2. The van der Waals surface area contributed by atoms with E-state index in [9.17, 15) is 22.8 Å². The number of fused-ring (bicyclic) bond motifs is 1. The third-order valence-electron chi connectivity index (χ3n) is 3.90. The zero-order valence-electron chi connectivity index (χ0n) is 15.1. The molecular weight excluding hydrogens is 395 g/mol. The van der Waals surface area contributed by atoms with Crippen molar-refractivity contribution in [1.82, 2.24) is 14.6 Å². The average Bonchev–Trinajstić information content (AvgIpc) is 3.06. The maximum atomic E-state index is 13.6. The van der Waals surface area contributed by atoms with Gasteiger partial charge in [0.1, 0.15) is 17.2 Å². The predicted molar refractivity (Wildman–Crippen MR) is 96.9 cm³/mol. The molecule has 0 spiro atoms. The summed E-state index contributed by atoms with van der Waals surface area (Å²) in [6.45, 7) is 2.09. The summed E-state index contributed by atoms with van der Waals surface area (Å²) in [7, 11) is 1.69. The molecule has 7 nitrogen and oxygen atoms in total. The molecule has 0 aliphatic rings. The van der Waals surface area contributed by atoms with Crippen molar-refractivity contribution in [2.45, 2.75) is 19.9 Å². The molecule has 1 aromatic carbocycles. The summed E-state index contributed by atoms with van der Waals surface area (Å²) in [6.07, 6.45) is 0.689. The largest absolute Gasteiger partial charge is 0.325 e. The van der Waals surface area contributed by atoms with Gasteiger partial charge in [0.05, 0.1) is 12.7 Å². The highest BCUT2D eigenvalue weighted by atomic mass is 32.1. The summed E-state index contributed by atoms with van der Waals surface area (Å²) in [5.41, 5.74) is -0.260. The Morgan fingerprint density at radius 3 is 2.75 bits per heavy atom. The lowest BCUT2D eigenvalue weighted by atomic mass is 10.2. The smallest absolute Gasteiger partial charge is 0.279 e. The summed E-state index contributed by atoms with van der Waals surface area (Å²) in [5, 5.41) is 7.16. The van der Waals surface area contributed by atoms with Gasteiger partial charge in [0, 0.05) is 6.07 Å². The van der Waals surface area contributed by atoms with Gasteiger partial charge in [0.15, 0.2) is 24.0 Å². The number of anilines is 1. The van der Waals surface area contributed by atoms with E-state index in [1.165, 1.54) is 21.9 Å². The van der Waals surface area contributed by atoms with Crippen LogP contribution in [0.2, 0.25) is 0 Å². The number of halogens is 3. The minimum atomic E-state index is -1.65. The van der Waals surface area contributed by atoms with Crippen molar-refractivity contribution in [3.63, 3.8) is 0 Å². The fraction of sp³-hybridized carbons (Fsp3) is 0.294. The maximum absolute atomic E-state index is 13.6. The van der Waals surface area contributed by atoms with Gasteiger partial charge in [0.25, 0.3) is 11.5 Å². The molecule has 11 heteroatoms. The molecule has 1 unspecified atom stereocenters. The van der Waals surface area contributed by atoms with Gasteiger partial charge in [-0.05, 0) is 18.6 Å². The van der Waals surface area contributed by atoms with Gasteiger partial charge in [-0.2, -0.15) is 9.61 Å². The second-order valence-electron chi connectivity index (χ2n) is 6.21. The standard InChI is InChI=1S/C17H16F3N5O2S/c1-3-13-23-25-14(27)6-9(21-17(25)28-13)7-24(2)8-12(26)22-11-5-4-10(18)15(19)16(11)20/h4-6H,3,7-8H2,1-2H3,(H,22,26)/p+1. The van der Waals surface area contributed by atoms with E-state index >= 15 is 0 Å². The molecule has 2 heterocycles. The molecule has 0 saturated heterocycles. The number of amides is 1. The van der Waals surface area contributed by atoms with Gasteiger partial charge >= 0.3 is 0 Å². The van der Waals surface area contributed by atoms with Crippen molar-refractivity contribution in [3.05, 3.63) is 56.7 Å². The lowest BCUT2D eigenvalue weighted by Crippen LogP contribution is -3.08. The summed E-state index contributed by atoms with van der Waals surface area (Å²) < 4.78 is 41.1. The number of aromatic nitrogens is 3. The van der Waals surface area contributed by atoms with Crippen LogP contribution >= 0.6 is 11.3 Å². The third kappa shape index (κ3) is 4.20. The highest BCUT2D eigenvalue weighted by Gasteiger charge is 2.18. The Morgan fingerprint density at radius 1 is 1.29 bits per heavy atom. The van der Waals surface area contributed by atoms with Gasteiger partial charge < -0.3 is 10.2 Å². The van der Waals surface area contributed by atoms with Crippen molar-refractivity contribution < 1.29 is 22.9 Å². The number of hydrogen-bond donors (Lipinski definition) is 2. The lowest BCUT2D eigenvalue weighted by molar-refractivity contribution is -0.885. The number of benzene rings is 1. The number of carbonyl (C=O) groups is 1. The highest BCUT2D eigenvalue weighted by molar-refractivity contribution is 7.16. The van der Waals surface area contributed by atoms with Crippen LogP contribution in [0.5, 0.6) is 0 Å². The number of carbonyl (C=O) groups excluding carboxylic acids is 1. The van der Waals surface area contributed by atoms with E-state index in [2.05, 4.69) is 15.4 Å². The number of aryl methyl sites for hydroxylation is 1. The molecule has 1 amide bonds. The molecule has 0 saturated carbocycles. The van der Waals surface area contributed by atoms with Crippen LogP contribution in [0.25, 0.3) is 4.96 Å². The van der Waals surface area contributed by atoms with E-state index in [0.717, 1.165) is 17.1 Å². The highest BCUT2D eigenvalue weighted by Crippen LogP contribution is 2.19. The predicted octanol–water partition coefficient (Wildman–Crippen LogP) is 0.784. The van der Waals surface area contributed by atoms with Crippen LogP contribution in [-0.2, 0) is 17.8 Å². The monoisotopic (exact) mass is 412 g/mol. The first-order valence-electron chi connectivity index (χ1n) is 8.41. The molecule has 3 rings (SSSR count). The third-order valence-corrected chi connectivity index (χ3v) is 4.95. The minimum absolute atomic E-state index is 0.0949. The van der Waals surface area contributed by atoms with E-state index in [4.69, 9.17) is 0 Å². The van der Waals surface area contributed by atoms with Crippen molar-refractivity contribution in [2.24, 2.45) is 0 Å². The molecule has 148 valence electrons. The molecule has 0 bridgehead atoms. The molecule has 2 N–H and O–H groups in total. The summed E-state index contributed by atoms with van der Waals surface area (Å²) in [6, 6.07) is 3.03. The Labute approximate surface area is 161 Å². The molecule has 0 radical (unpaired) electrons. The van der Waals surface area contributed by atoms with Crippen LogP contribution < -0.4 is 15.8 Å². The molecule has 2 aromatic heterocycles. The second-order valence-corrected chi connectivity index (χ2v) is 7.25. The summed E-state index contributed by atoms with van der Waals surface area (Å²) in [4.78, 5) is 29.7. The zero-order valence-corrected chi connectivity index (χ0v) is 15.9. The molecule has 0 aliphatic carbocycles. The number of hydrogen-bond acceptors (Lipinski definition) is 5. The van der Waals surface area contributed by atoms with Gasteiger partial charge in [-0.25, -0.2) is 18.2 Å². The zero-order chi connectivity index (χ0) is 20.4. The first kappa shape index (κ1) is 20.0. The summed E-state index contributed by atoms with van der Waals surface area (Å²) in [5.74, 6) is -5.03. The lowest BCUT2D eigenvalue weighted by Gasteiger charge is -2.13. The number of quaternary nitrogens is 1. The number of nitrogens with zero attached hydrogens (tertiary/aromatic N) is 3. The second kappa shape index (κ2) is 8.07. The Balaban J connectivity index is 1.67. The summed E-state index contributed by atoms with van der Waals surface area (Å²) >= 11 is 1.32. The van der Waals surface area contributed by atoms with Crippen LogP contribution in [-0.4, -0.2) is 34.1 Å². The van der Waals surface area contributed by atoms with Crippen LogP contribution in [0.4, 0.5) is 18.9 Å². The normalized spacial score (nSPS) is 12.3. The van der Waals surface area contributed by atoms with Gasteiger partial charge in [0.2, 0.25) is 4.96 Å². The molecule has 0 aliphatic heterocycles. The quantitative estimate of drug-likeness (QED) is 0.587. The first-order chi connectivity index (χ1) is 13.3. The van der Waals surface area contributed by atoms with Gasteiger partial charge in [-0.1, -0.05) is 18.3 Å². The number of likely N-dealkylation sites (N-methyl/N-ethyl adjacent to an activating group) is 1. The Morgan fingerprint density at radius 2 is 2.04 bits per heavy atom. The Bertz CT molecular complexity index is 1100. The van der Waals surface area contributed by atoms with Crippen molar-refractivity contribution >= 4 is 27.9 Å². The van der Waals surface area contributed by atoms with Crippen molar-refractivity contribution in [1.29, 1.82) is 0 Å². The molecule has 3 aromatic rings. The first-order valence-corrected chi connectivity index (χ1v) is 9.23. The Hall–Kier alpha value is -2.79. The molecular formula is C17H17F3N5O2S+. The average molecular weight is 412 g/mol. The Kier molecular flexibility index (Phi) is 5.75. The van der Waals surface area contributed by atoms with Crippen LogP contribution in [0.15, 0.2) is 23.0 Å². The van der Waals surface area contributed by atoms with E-state index in [1.807, 2.05) is 6.92 Å². The SMILES string of the molecule is CCc1nn2c(=O)cc(C[NH+](C)CC(=O)Nc3ccc(F)c(F)c3F)nc2s1. The topological polar surface area (TPSA) is 80.8 Å². The minimum Gasteiger partial charge on any atom is -0.325 e. The van der Waals surface area contributed by atoms with Crippen LogP contribution in [0.3, 0.4) is 0 Å². The van der Waals surface area contributed by atoms with E-state index in [1.54, 1.807) is 7.05 Å². The van der Waals surface area contributed by atoms with E-state index < -0.39 is 29.0 Å². The molecule has 0 fully saturated rings. The van der Waals surface area contributed by atoms with Crippen molar-refractivity contribution in [2.75, 3.05) is 18.9 Å². The van der Waals surface area contributed by atoms with E-state index in [0.29, 0.717) is 22.0 Å².